The molecule has 0 spiro atoms. The topological polar surface area (TPSA) is 53.5 Å². The van der Waals surface area contributed by atoms with E-state index in [9.17, 15) is 27.2 Å². The quantitative estimate of drug-likeness (QED) is 0.735. The molecule has 2 amide bonds. The van der Waals surface area contributed by atoms with E-state index in [1.807, 2.05) is 0 Å². The number of halogens is 4. The predicted molar refractivity (Wildman–Crippen MR) is 92.2 cm³/mol. The smallest absolute Gasteiger partial charge is 0.335 e. The number of carbonyl (C=O) groups is 2. The fourth-order valence-electron chi connectivity index (χ4n) is 3.03. The summed E-state index contributed by atoms with van der Waals surface area (Å²) in [5, 5.41) is 0. The van der Waals surface area contributed by atoms with Gasteiger partial charge in [-0.05, 0) is 37.3 Å². The first kappa shape index (κ1) is 19.8. The molecule has 1 aliphatic heterocycles. The van der Waals surface area contributed by atoms with Crippen LogP contribution < -0.4 is 0 Å². The second-order valence-electron chi connectivity index (χ2n) is 6.42. The Kier molecular flexibility index (Phi) is 5.35. The predicted octanol–water partition coefficient (Wildman–Crippen LogP) is 3.15. The highest BCUT2D eigenvalue weighted by Gasteiger charge is 2.33. The Bertz CT molecular complexity index is 906. The van der Waals surface area contributed by atoms with Gasteiger partial charge in [0.2, 0.25) is 0 Å². The van der Waals surface area contributed by atoms with Crippen molar-refractivity contribution in [1.29, 1.82) is 0 Å². The summed E-state index contributed by atoms with van der Waals surface area (Å²) in [6.07, 6.45) is -4.57. The Morgan fingerprint density at radius 3 is 2.11 bits per heavy atom. The molecule has 0 aliphatic carbocycles. The molecule has 0 bridgehead atoms. The van der Waals surface area contributed by atoms with Crippen molar-refractivity contribution in [3.63, 3.8) is 0 Å². The summed E-state index contributed by atoms with van der Waals surface area (Å²) in [5.74, 6) is -1.28. The minimum atomic E-state index is -4.57. The van der Waals surface area contributed by atoms with Gasteiger partial charge in [-0.3, -0.25) is 9.59 Å². The fourth-order valence-corrected chi connectivity index (χ4v) is 3.03. The van der Waals surface area contributed by atoms with E-state index < -0.39 is 23.6 Å². The summed E-state index contributed by atoms with van der Waals surface area (Å²) in [7, 11) is 0. The van der Waals surface area contributed by atoms with Gasteiger partial charge in [0.1, 0.15) is 11.5 Å². The monoisotopic (exact) mass is 395 g/mol. The van der Waals surface area contributed by atoms with Gasteiger partial charge in [0.05, 0.1) is 11.3 Å². The summed E-state index contributed by atoms with van der Waals surface area (Å²) in [6, 6.07) is 7.26. The third kappa shape index (κ3) is 4.13. The number of alkyl halides is 3. The van der Waals surface area contributed by atoms with E-state index >= 15 is 0 Å². The van der Waals surface area contributed by atoms with Gasteiger partial charge in [0, 0.05) is 31.7 Å². The van der Waals surface area contributed by atoms with Crippen molar-refractivity contribution in [2.75, 3.05) is 26.2 Å². The molecular weight excluding hydrogens is 378 g/mol. The van der Waals surface area contributed by atoms with E-state index in [1.54, 1.807) is 0 Å². The number of nitrogens with zero attached hydrogens (tertiary/aromatic N) is 3. The molecule has 1 aromatic heterocycles. The summed E-state index contributed by atoms with van der Waals surface area (Å²) >= 11 is 0. The van der Waals surface area contributed by atoms with Gasteiger partial charge in [0.25, 0.3) is 11.8 Å². The Labute approximate surface area is 158 Å². The second kappa shape index (κ2) is 7.57. The first-order valence-corrected chi connectivity index (χ1v) is 8.56. The first-order valence-electron chi connectivity index (χ1n) is 8.56. The highest BCUT2D eigenvalue weighted by molar-refractivity contribution is 5.96. The van der Waals surface area contributed by atoms with E-state index in [-0.39, 0.29) is 48.9 Å². The maximum Gasteiger partial charge on any atom is 0.433 e. The number of hydrogen-bond donors (Lipinski definition) is 0. The van der Waals surface area contributed by atoms with Crippen LogP contribution in [0.1, 0.15) is 32.1 Å². The second-order valence-corrected chi connectivity index (χ2v) is 6.42. The molecule has 0 N–H and O–H groups in total. The molecule has 0 saturated carbocycles. The van der Waals surface area contributed by atoms with Crippen LogP contribution in [0.5, 0.6) is 0 Å². The van der Waals surface area contributed by atoms with Crippen LogP contribution in [0.2, 0.25) is 0 Å². The van der Waals surface area contributed by atoms with E-state index in [0.29, 0.717) is 0 Å². The van der Waals surface area contributed by atoms with Gasteiger partial charge in [0.15, 0.2) is 0 Å². The van der Waals surface area contributed by atoms with E-state index in [2.05, 4.69) is 4.98 Å². The minimum Gasteiger partial charge on any atom is -0.335 e. The van der Waals surface area contributed by atoms with E-state index in [4.69, 9.17) is 0 Å². The molecule has 0 radical (unpaired) electrons. The molecule has 1 aromatic carbocycles. The van der Waals surface area contributed by atoms with Crippen LogP contribution in [-0.2, 0) is 6.18 Å². The molecular formula is C19H17F4N3O2. The molecule has 0 atom stereocenters. The molecule has 2 heterocycles. The molecule has 1 saturated heterocycles. The number of pyridine rings is 1. The molecule has 28 heavy (non-hydrogen) atoms. The van der Waals surface area contributed by atoms with Crippen LogP contribution in [-0.4, -0.2) is 52.8 Å². The van der Waals surface area contributed by atoms with Gasteiger partial charge in [-0.2, -0.15) is 13.2 Å². The Balaban J connectivity index is 1.66. The van der Waals surface area contributed by atoms with Crippen molar-refractivity contribution in [2.24, 2.45) is 0 Å². The molecule has 5 nitrogen and oxygen atoms in total. The molecule has 2 aromatic rings. The minimum absolute atomic E-state index is 0.00177. The summed E-state index contributed by atoms with van der Waals surface area (Å²) in [5.41, 5.74) is -0.731. The van der Waals surface area contributed by atoms with Gasteiger partial charge in [-0.1, -0.05) is 6.07 Å². The Hall–Kier alpha value is -2.97. The normalized spacial score (nSPS) is 14.9. The average molecular weight is 395 g/mol. The number of rotatable bonds is 2. The molecule has 9 heteroatoms. The maximum atomic E-state index is 13.3. The van der Waals surface area contributed by atoms with Gasteiger partial charge in [-0.25, -0.2) is 9.37 Å². The lowest BCUT2D eigenvalue weighted by atomic mass is 10.1. The highest BCUT2D eigenvalue weighted by atomic mass is 19.4. The zero-order valence-electron chi connectivity index (χ0n) is 15.0. The van der Waals surface area contributed by atoms with Crippen LogP contribution in [0.4, 0.5) is 17.6 Å². The van der Waals surface area contributed by atoms with Gasteiger partial charge >= 0.3 is 6.18 Å². The number of benzene rings is 1. The lowest BCUT2D eigenvalue weighted by Gasteiger charge is -2.35. The van der Waals surface area contributed by atoms with Gasteiger partial charge < -0.3 is 9.80 Å². The lowest BCUT2D eigenvalue weighted by molar-refractivity contribution is -0.141. The van der Waals surface area contributed by atoms with Crippen molar-refractivity contribution in [3.8, 4) is 0 Å². The Morgan fingerprint density at radius 1 is 0.964 bits per heavy atom. The average Bonchev–Trinajstić information content (AvgIpc) is 2.66. The molecule has 1 fully saturated rings. The third-order valence-electron chi connectivity index (χ3n) is 4.53. The van der Waals surface area contributed by atoms with Gasteiger partial charge in [-0.15, -0.1) is 0 Å². The van der Waals surface area contributed by atoms with Crippen LogP contribution in [0, 0.1) is 12.7 Å². The van der Waals surface area contributed by atoms with Crippen molar-refractivity contribution >= 4 is 11.8 Å². The fraction of sp³-hybridized carbons (Fsp3) is 0.316. The first-order chi connectivity index (χ1) is 13.2. The maximum absolute atomic E-state index is 13.3. The number of hydrogen-bond acceptors (Lipinski definition) is 3. The van der Waals surface area contributed by atoms with Crippen molar-refractivity contribution in [1.82, 2.24) is 14.8 Å². The standard InChI is InChI=1S/C19H17F4N3O2/c1-12-15(5-6-16(24-12)19(21,22)23)18(28)26-9-7-25(8-10-26)17(27)13-3-2-4-14(20)11-13/h2-6,11H,7-10H2,1H3. The van der Waals surface area contributed by atoms with Crippen LogP contribution in [0.25, 0.3) is 0 Å². The number of carbonyl (C=O) groups excluding carboxylic acids is 2. The SMILES string of the molecule is Cc1nc(C(F)(F)F)ccc1C(=O)N1CCN(C(=O)c2cccc(F)c2)CC1. The zero-order valence-corrected chi connectivity index (χ0v) is 15.0. The van der Waals surface area contributed by atoms with Crippen LogP contribution in [0.15, 0.2) is 36.4 Å². The van der Waals surface area contributed by atoms with Crippen molar-refractivity contribution in [2.45, 2.75) is 13.1 Å². The number of piperazine rings is 1. The summed E-state index contributed by atoms with van der Waals surface area (Å²) in [4.78, 5) is 31.5. The zero-order chi connectivity index (χ0) is 20.5. The largest absolute Gasteiger partial charge is 0.433 e. The van der Waals surface area contributed by atoms with E-state index in [1.165, 1.54) is 34.9 Å². The number of aromatic nitrogens is 1. The Morgan fingerprint density at radius 2 is 1.57 bits per heavy atom. The van der Waals surface area contributed by atoms with Crippen molar-refractivity contribution < 1.29 is 27.2 Å². The molecule has 0 unspecified atom stereocenters. The summed E-state index contributed by atoms with van der Waals surface area (Å²) in [6.45, 7) is 2.29. The van der Waals surface area contributed by atoms with Crippen molar-refractivity contribution in [3.05, 3.63) is 64.7 Å². The summed E-state index contributed by atoms with van der Waals surface area (Å²) < 4.78 is 51.5. The molecule has 148 valence electrons. The van der Waals surface area contributed by atoms with Crippen LogP contribution >= 0.6 is 0 Å². The number of aryl methyl sites for hydroxylation is 1. The van der Waals surface area contributed by atoms with E-state index in [0.717, 1.165) is 18.2 Å². The lowest BCUT2D eigenvalue weighted by Crippen LogP contribution is -2.50. The molecule has 1 aliphatic rings. The van der Waals surface area contributed by atoms with Crippen LogP contribution in [0.3, 0.4) is 0 Å². The number of amides is 2. The molecule has 3 rings (SSSR count). The highest BCUT2D eigenvalue weighted by Crippen LogP contribution is 2.28. The third-order valence-corrected chi connectivity index (χ3v) is 4.53.